The van der Waals surface area contributed by atoms with Gasteiger partial charge in [0.2, 0.25) is 5.91 Å². The first-order valence-corrected chi connectivity index (χ1v) is 10.8. The number of carbonyl (C=O) groups excluding carboxylic acids is 1. The van der Waals surface area contributed by atoms with Crippen molar-refractivity contribution in [3.05, 3.63) is 73.9 Å². The Bertz CT molecular complexity index is 1110. The molecule has 6 nitrogen and oxygen atoms in total. The maximum absolute atomic E-state index is 12.8. The van der Waals surface area contributed by atoms with Crippen molar-refractivity contribution in [2.24, 2.45) is 5.92 Å². The molecule has 2 unspecified atom stereocenters. The monoisotopic (exact) mass is 415 g/mol. The molecule has 0 saturated carbocycles. The molecule has 1 fully saturated rings. The molecule has 0 aromatic carbocycles. The summed E-state index contributed by atoms with van der Waals surface area (Å²) in [4.78, 5) is 19.5. The first kappa shape index (κ1) is 20.8. The second kappa shape index (κ2) is 9.16. The standard InChI is InChI=1S/C25H29N5O/c1-4-6-19(5-2)7-8-25(31)30-17-20(11-18(30)3)16-29-10-9-21-12-23(26-15-24(21)29)22-13-27-28-14-22/h4-6,9-10,12-15,18,20H,1-2,7-8,11,16-17H2,3H3,(H,27,28)/b19-6+. The summed E-state index contributed by atoms with van der Waals surface area (Å²) in [5, 5.41) is 8.00. The summed E-state index contributed by atoms with van der Waals surface area (Å²) in [5.74, 6) is 0.654. The molecule has 3 aromatic rings. The van der Waals surface area contributed by atoms with Crippen molar-refractivity contribution in [2.75, 3.05) is 6.54 Å². The summed E-state index contributed by atoms with van der Waals surface area (Å²) >= 11 is 0. The quantitative estimate of drug-likeness (QED) is 0.540. The van der Waals surface area contributed by atoms with Gasteiger partial charge in [0.25, 0.3) is 0 Å². The number of hydrogen-bond acceptors (Lipinski definition) is 3. The van der Waals surface area contributed by atoms with E-state index in [1.165, 1.54) is 0 Å². The number of likely N-dealkylation sites (tertiary alicyclic amines) is 1. The highest BCUT2D eigenvalue weighted by atomic mass is 16.2. The van der Waals surface area contributed by atoms with Crippen molar-refractivity contribution in [3.8, 4) is 11.3 Å². The summed E-state index contributed by atoms with van der Waals surface area (Å²) in [5.41, 5.74) is 4.06. The fourth-order valence-corrected chi connectivity index (χ4v) is 4.50. The van der Waals surface area contributed by atoms with E-state index in [2.05, 4.69) is 58.2 Å². The zero-order valence-corrected chi connectivity index (χ0v) is 18.0. The second-order valence-electron chi connectivity index (χ2n) is 8.26. The van der Waals surface area contributed by atoms with E-state index in [4.69, 9.17) is 0 Å². The summed E-state index contributed by atoms with van der Waals surface area (Å²) in [6.45, 7) is 11.4. The summed E-state index contributed by atoms with van der Waals surface area (Å²) in [6, 6.07) is 4.49. The van der Waals surface area contributed by atoms with E-state index in [9.17, 15) is 4.79 Å². The number of allylic oxidation sites excluding steroid dienone is 4. The van der Waals surface area contributed by atoms with Gasteiger partial charge in [0.1, 0.15) is 0 Å². The fraction of sp³-hybridized carbons (Fsp3) is 0.320. The lowest BCUT2D eigenvalue weighted by Crippen LogP contribution is -2.34. The molecular formula is C25H29N5O. The van der Waals surface area contributed by atoms with Crippen LogP contribution >= 0.6 is 0 Å². The molecule has 3 aromatic heterocycles. The number of aromatic nitrogens is 4. The number of rotatable bonds is 8. The van der Waals surface area contributed by atoms with Crippen LogP contribution in [-0.4, -0.2) is 43.1 Å². The number of aromatic amines is 1. The predicted octanol–water partition coefficient (Wildman–Crippen LogP) is 4.74. The van der Waals surface area contributed by atoms with Crippen LogP contribution < -0.4 is 0 Å². The topological polar surface area (TPSA) is 66.8 Å². The Morgan fingerprint density at radius 1 is 1.32 bits per heavy atom. The van der Waals surface area contributed by atoms with Crippen LogP contribution in [0.3, 0.4) is 0 Å². The molecule has 1 aliphatic heterocycles. The van der Waals surface area contributed by atoms with Crippen molar-refractivity contribution >= 4 is 16.8 Å². The van der Waals surface area contributed by atoms with E-state index in [-0.39, 0.29) is 11.9 Å². The highest BCUT2D eigenvalue weighted by molar-refractivity contribution is 5.83. The van der Waals surface area contributed by atoms with Gasteiger partial charge in [-0.15, -0.1) is 0 Å². The second-order valence-corrected chi connectivity index (χ2v) is 8.26. The third-order valence-electron chi connectivity index (χ3n) is 6.11. The van der Waals surface area contributed by atoms with Gasteiger partial charge in [0, 0.05) is 48.9 Å². The molecule has 1 amide bonds. The number of H-pyrrole nitrogens is 1. The number of fused-ring (bicyclic) bond motifs is 1. The first-order valence-electron chi connectivity index (χ1n) is 10.8. The lowest BCUT2D eigenvalue weighted by Gasteiger charge is -2.21. The molecule has 1 saturated heterocycles. The van der Waals surface area contributed by atoms with Gasteiger partial charge in [-0.05, 0) is 43.4 Å². The molecular weight excluding hydrogens is 386 g/mol. The maximum Gasteiger partial charge on any atom is 0.223 e. The minimum Gasteiger partial charge on any atom is -0.346 e. The SMILES string of the molecule is C=C/C=C(\C=C)CCC(=O)N1CC(Cn2ccc3cc(-c4cn[nH]c4)ncc32)CC1C. The van der Waals surface area contributed by atoms with Crippen LogP contribution in [0.5, 0.6) is 0 Å². The van der Waals surface area contributed by atoms with Gasteiger partial charge >= 0.3 is 0 Å². The van der Waals surface area contributed by atoms with Gasteiger partial charge < -0.3 is 9.47 Å². The molecule has 0 aliphatic carbocycles. The summed E-state index contributed by atoms with van der Waals surface area (Å²) < 4.78 is 2.26. The number of nitrogens with one attached hydrogen (secondary N) is 1. The van der Waals surface area contributed by atoms with Crippen LogP contribution in [0, 0.1) is 5.92 Å². The van der Waals surface area contributed by atoms with Crippen LogP contribution in [0.1, 0.15) is 26.2 Å². The average molecular weight is 416 g/mol. The van der Waals surface area contributed by atoms with Gasteiger partial charge in [-0.25, -0.2) is 0 Å². The van der Waals surface area contributed by atoms with E-state index >= 15 is 0 Å². The molecule has 0 bridgehead atoms. The van der Waals surface area contributed by atoms with Crippen molar-refractivity contribution < 1.29 is 4.79 Å². The Hall–Kier alpha value is -3.41. The molecule has 2 atom stereocenters. The lowest BCUT2D eigenvalue weighted by atomic mass is 10.1. The molecule has 31 heavy (non-hydrogen) atoms. The third kappa shape index (κ3) is 4.53. The van der Waals surface area contributed by atoms with E-state index in [0.29, 0.717) is 18.8 Å². The van der Waals surface area contributed by atoms with Gasteiger partial charge in [-0.3, -0.25) is 14.9 Å². The molecule has 1 N–H and O–H groups in total. The van der Waals surface area contributed by atoms with E-state index in [0.717, 1.165) is 47.2 Å². The third-order valence-corrected chi connectivity index (χ3v) is 6.11. The Kier molecular flexibility index (Phi) is 6.16. The minimum absolute atomic E-state index is 0.218. The van der Waals surface area contributed by atoms with Crippen molar-refractivity contribution in [2.45, 2.75) is 38.8 Å². The van der Waals surface area contributed by atoms with Crippen molar-refractivity contribution in [1.82, 2.24) is 24.6 Å². The maximum atomic E-state index is 12.8. The molecule has 160 valence electrons. The van der Waals surface area contributed by atoms with Crippen LogP contribution in [0.4, 0.5) is 0 Å². The highest BCUT2D eigenvalue weighted by Gasteiger charge is 2.32. The Balaban J connectivity index is 1.40. The van der Waals surface area contributed by atoms with E-state index in [1.807, 2.05) is 23.4 Å². The zero-order chi connectivity index (χ0) is 21.8. The number of carbonyl (C=O) groups is 1. The van der Waals surface area contributed by atoms with Gasteiger partial charge in [-0.1, -0.05) is 31.4 Å². The first-order chi connectivity index (χ1) is 15.1. The Labute approximate surface area is 183 Å². The fourth-order valence-electron chi connectivity index (χ4n) is 4.50. The number of nitrogens with zero attached hydrogens (tertiary/aromatic N) is 4. The number of pyridine rings is 1. The van der Waals surface area contributed by atoms with Gasteiger partial charge in [0.05, 0.1) is 23.6 Å². The lowest BCUT2D eigenvalue weighted by molar-refractivity contribution is -0.131. The predicted molar refractivity (Wildman–Crippen MR) is 124 cm³/mol. The average Bonchev–Trinajstić information content (AvgIpc) is 3.51. The van der Waals surface area contributed by atoms with Gasteiger partial charge in [0.15, 0.2) is 0 Å². The largest absolute Gasteiger partial charge is 0.346 e. The normalized spacial score (nSPS) is 19.1. The number of hydrogen-bond donors (Lipinski definition) is 1. The summed E-state index contributed by atoms with van der Waals surface area (Å²) in [7, 11) is 0. The van der Waals surface area contributed by atoms with E-state index < -0.39 is 0 Å². The van der Waals surface area contributed by atoms with Crippen LogP contribution in [0.15, 0.2) is 73.9 Å². The highest BCUT2D eigenvalue weighted by Crippen LogP contribution is 2.28. The zero-order valence-electron chi connectivity index (χ0n) is 18.0. The molecule has 1 aliphatic rings. The van der Waals surface area contributed by atoms with E-state index in [1.54, 1.807) is 18.3 Å². The summed E-state index contributed by atoms with van der Waals surface area (Å²) in [6.07, 6.45) is 15.4. The minimum atomic E-state index is 0.218. The van der Waals surface area contributed by atoms with Crippen LogP contribution in [0.2, 0.25) is 0 Å². The molecule has 4 heterocycles. The Morgan fingerprint density at radius 2 is 2.19 bits per heavy atom. The van der Waals surface area contributed by atoms with Gasteiger partial charge in [-0.2, -0.15) is 5.10 Å². The van der Waals surface area contributed by atoms with Crippen molar-refractivity contribution in [1.29, 1.82) is 0 Å². The number of amides is 1. The molecule has 4 rings (SSSR count). The van der Waals surface area contributed by atoms with Crippen LogP contribution in [-0.2, 0) is 11.3 Å². The molecule has 6 heteroatoms. The van der Waals surface area contributed by atoms with Crippen LogP contribution in [0.25, 0.3) is 22.2 Å². The molecule has 0 spiro atoms. The smallest absolute Gasteiger partial charge is 0.223 e. The van der Waals surface area contributed by atoms with Crippen molar-refractivity contribution in [3.63, 3.8) is 0 Å². The Morgan fingerprint density at radius 3 is 2.94 bits per heavy atom. The molecule has 0 radical (unpaired) electrons.